The zero-order chi connectivity index (χ0) is 35.4. The molecule has 0 saturated heterocycles. The second kappa shape index (κ2) is 45.1. The first-order valence-corrected chi connectivity index (χ1v) is 19.7. The van der Waals surface area contributed by atoms with Crippen LogP contribution in [0.15, 0.2) is 0 Å². The van der Waals surface area contributed by atoms with Crippen LogP contribution >= 0.6 is 0 Å². The third-order valence-electron chi connectivity index (χ3n) is 7.59. The highest BCUT2D eigenvalue weighted by Crippen LogP contribution is 2.10. The molecule has 294 valence electrons. The van der Waals surface area contributed by atoms with Crippen molar-refractivity contribution in [3.8, 4) is 0 Å². The molecular formula is C38H76O11. The van der Waals surface area contributed by atoms with Gasteiger partial charge in [-0.3, -0.25) is 4.79 Å². The molecule has 0 aliphatic rings. The van der Waals surface area contributed by atoms with Gasteiger partial charge in [-0.1, -0.05) is 97.3 Å². The number of esters is 1. The Morgan fingerprint density at radius 2 is 0.531 bits per heavy atom. The van der Waals surface area contributed by atoms with Crippen LogP contribution in [0.3, 0.4) is 0 Å². The van der Waals surface area contributed by atoms with Gasteiger partial charge in [0.15, 0.2) is 0 Å². The lowest BCUT2D eigenvalue weighted by molar-refractivity contribution is -0.145. The Kier molecular flexibility index (Phi) is 44.3. The van der Waals surface area contributed by atoms with Crippen molar-refractivity contribution in [2.45, 2.75) is 117 Å². The van der Waals surface area contributed by atoms with Gasteiger partial charge in [0.05, 0.1) is 112 Å². The summed E-state index contributed by atoms with van der Waals surface area (Å²) in [4.78, 5) is 11.6. The molecular weight excluding hydrogens is 632 g/mol. The third kappa shape index (κ3) is 45.1. The average Bonchev–Trinajstić information content (AvgIpc) is 3.11. The fourth-order valence-corrected chi connectivity index (χ4v) is 4.71. The molecule has 0 fully saturated rings. The lowest BCUT2D eigenvalue weighted by Gasteiger charge is -2.09. The summed E-state index contributed by atoms with van der Waals surface area (Å²) >= 11 is 0. The van der Waals surface area contributed by atoms with Crippen LogP contribution in [0.25, 0.3) is 0 Å². The number of ether oxygens (including phenoxy) is 10. The molecule has 49 heavy (non-hydrogen) atoms. The fraction of sp³-hybridized carbons (Fsp3) is 0.974. The third-order valence-corrected chi connectivity index (χ3v) is 7.59. The van der Waals surface area contributed by atoms with E-state index in [4.69, 9.17) is 47.4 Å². The molecule has 11 nitrogen and oxygen atoms in total. The lowest BCUT2D eigenvalue weighted by atomic mass is 10.1. The van der Waals surface area contributed by atoms with E-state index in [9.17, 15) is 4.79 Å². The molecule has 0 aliphatic carbocycles. The van der Waals surface area contributed by atoms with E-state index in [1.54, 1.807) is 0 Å². The lowest BCUT2D eigenvalue weighted by Crippen LogP contribution is -2.15. The minimum Gasteiger partial charge on any atom is -0.463 e. The summed E-state index contributed by atoms with van der Waals surface area (Å²) in [7, 11) is 0. The van der Waals surface area contributed by atoms with Gasteiger partial charge in [0.25, 0.3) is 0 Å². The predicted octanol–water partition coefficient (Wildman–Crippen LogP) is 6.96. The van der Waals surface area contributed by atoms with Crippen LogP contribution in [0, 0.1) is 0 Å². The Morgan fingerprint density at radius 3 is 0.857 bits per heavy atom. The van der Waals surface area contributed by atoms with Crippen LogP contribution in [0.2, 0.25) is 0 Å². The van der Waals surface area contributed by atoms with E-state index in [1.165, 1.54) is 77.0 Å². The Morgan fingerprint density at radius 1 is 0.286 bits per heavy atom. The molecule has 0 aromatic carbocycles. The molecule has 0 heterocycles. The van der Waals surface area contributed by atoms with Gasteiger partial charge < -0.3 is 47.4 Å². The summed E-state index contributed by atoms with van der Waals surface area (Å²) in [6.07, 6.45) is 19.5. The van der Waals surface area contributed by atoms with E-state index in [2.05, 4.69) is 13.8 Å². The van der Waals surface area contributed by atoms with Crippen LogP contribution in [-0.2, 0) is 52.2 Å². The van der Waals surface area contributed by atoms with Crippen LogP contribution in [0.4, 0.5) is 0 Å². The Balaban J connectivity index is 3.08. The highest BCUT2D eigenvalue weighted by Gasteiger charge is 2.02. The van der Waals surface area contributed by atoms with Crippen molar-refractivity contribution >= 4 is 5.97 Å². The van der Waals surface area contributed by atoms with Gasteiger partial charge >= 0.3 is 5.97 Å². The topological polar surface area (TPSA) is 109 Å². The van der Waals surface area contributed by atoms with E-state index in [0.29, 0.717) is 125 Å². The summed E-state index contributed by atoms with van der Waals surface area (Å²) in [5.74, 6) is -0.142. The number of rotatable bonds is 44. The van der Waals surface area contributed by atoms with Crippen LogP contribution < -0.4 is 0 Å². The highest BCUT2D eigenvalue weighted by atomic mass is 16.6. The maximum atomic E-state index is 11.6. The molecule has 0 aliphatic heterocycles. The number of hydrogen-bond acceptors (Lipinski definition) is 11. The molecule has 0 aromatic heterocycles. The van der Waals surface area contributed by atoms with Crippen molar-refractivity contribution in [1.82, 2.24) is 0 Å². The van der Waals surface area contributed by atoms with Crippen molar-refractivity contribution < 1.29 is 52.2 Å². The maximum Gasteiger partial charge on any atom is 0.305 e. The molecule has 0 radical (unpaired) electrons. The first-order chi connectivity index (χ1) is 24.3. The van der Waals surface area contributed by atoms with Gasteiger partial charge in [0.2, 0.25) is 0 Å². The van der Waals surface area contributed by atoms with E-state index in [-0.39, 0.29) is 5.97 Å². The minimum absolute atomic E-state index is 0.142. The largest absolute Gasteiger partial charge is 0.463 e. The van der Waals surface area contributed by atoms with Gasteiger partial charge in [0, 0.05) is 13.0 Å². The summed E-state index contributed by atoms with van der Waals surface area (Å²) in [6.45, 7) is 14.4. The van der Waals surface area contributed by atoms with E-state index in [1.807, 2.05) is 0 Å². The van der Waals surface area contributed by atoms with Crippen LogP contribution in [-0.4, -0.2) is 132 Å². The number of carbonyl (C=O) groups excluding carboxylic acids is 1. The second-order valence-corrected chi connectivity index (χ2v) is 12.1. The number of carbonyl (C=O) groups is 1. The summed E-state index contributed by atoms with van der Waals surface area (Å²) in [6, 6.07) is 0. The van der Waals surface area contributed by atoms with Crippen molar-refractivity contribution in [2.24, 2.45) is 0 Å². The zero-order valence-electron chi connectivity index (χ0n) is 31.7. The first-order valence-electron chi connectivity index (χ1n) is 19.7. The van der Waals surface area contributed by atoms with E-state index in [0.717, 1.165) is 25.9 Å². The minimum atomic E-state index is -0.142. The molecule has 0 amide bonds. The SMILES string of the molecule is CCCCCCCCCCCCOCCOCCOCCOCCOCCOCCOCCOCCOCCOC(=O)CCCCCCC. The molecule has 0 rings (SSSR count). The van der Waals surface area contributed by atoms with Crippen molar-refractivity contribution in [1.29, 1.82) is 0 Å². The smallest absolute Gasteiger partial charge is 0.305 e. The molecule has 0 saturated carbocycles. The normalized spacial score (nSPS) is 11.5. The molecule has 0 N–H and O–H groups in total. The van der Waals surface area contributed by atoms with Gasteiger partial charge in [-0.25, -0.2) is 0 Å². The van der Waals surface area contributed by atoms with Crippen molar-refractivity contribution in [3.63, 3.8) is 0 Å². The summed E-state index contributed by atoms with van der Waals surface area (Å²) < 4.78 is 54.8. The van der Waals surface area contributed by atoms with Gasteiger partial charge in [-0.2, -0.15) is 0 Å². The van der Waals surface area contributed by atoms with Crippen LogP contribution in [0.5, 0.6) is 0 Å². The van der Waals surface area contributed by atoms with Crippen molar-refractivity contribution in [2.75, 3.05) is 126 Å². The maximum absolute atomic E-state index is 11.6. The fourth-order valence-electron chi connectivity index (χ4n) is 4.71. The summed E-state index contributed by atoms with van der Waals surface area (Å²) in [5, 5.41) is 0. The Bertz CT molecular complexity index is 612. The highest BCUT2D eigenvalue weighted by molar-refractivity contribution is 5.69. The Labute approximate surface area is 300 Å². The molecule has 0 spiro atoms. The van der Waals surface area contributed by atoms with Gasteiger partial charge in [0.1, 0.15) is 6.61 Å². The van der Waals surface area contributed by atoms with Gasteiger partial charge in [-0.05, 0) is 12.8 Å². The second-order valence-electron chi connectivity index (χ2n) is 12.1. The first kappa shape index (κ1) is 48.1. The molecule has 11 heteroatoms. The molecule has 0 unspecified atom stereocenters. The molecule has 0 atom stereocenters. The van der Waals surface area contributed by atoms with Crippen LogP contribution in [0.1, 0.15) is 117 Å². The molecule has 0 bridgehead atoms. The van der Waals surface area contributed by atoms with E-state index >= 15 is 0 Å². The zero-order valence-corrected chi connectivity index (χ0v) is 31.7. The monoisotopic (exact) mass is 709 g/mol. The van der Waals surface area contributed by atoms with Crippen molar-refractivity contribution in [3.05, 3.63) is 0 Å². The average molecular weight is 709 g/mol. The van der Waals surface area contributed by atoms with E-state index < -0.39 is 0 Å². The standard InChI is InChI=1S/C38H76O11/c1-3-5-7-9-10-11-12-13-15-17-19-40-20-21-41-22-23-42-24-25-43-26-27-44-28-29-45-30-31-46-32-33-47-34-35-48-36-37-49-38(39)18-16-14-8-6-4-2/h3-37H2,1-2H3. The molecule has 0 aromatic rings. The quantitative estimate of drug-likeness (QED) is 0.0484. The number of hydrogen-bond donors (Lipinski definition) is 0. The Hall–Kier alpha value is -0.890. The van der Waals surface area contributed by atoms with Gasteiger partial charge in [-0.15, -0.1) is 0 Å². The number of unbranched alkanes of at least 4 members (excludes halogenated alkanes) is 13. The predicted molar refractivity (Wildman–Crippen MR) is 194 cm³/mol. The summed E-state index contributed by atoms with van der Waals surface area (Å²) in [5.41, 5.74) is 0.